The summed E-state index contributed by atoms with van der Waals surface area (Å²) in [6.07, 6.45) is 0. The molecule has 4 heteroatoms. The number of phenols is 1. The van der Waals surface area contributed by atoms with Crippen LogP contribution in [-0.4, -0.2) is 11.7 Å². The van der Waals surface area contributed by atoms with Crippen molar-refractivity contribution in [1.29, 1.82) is 0 Å². The minimum Gasteiger partial charge on any atom is -0.504 e. The Hall–Kier alpha value is -0.930. The first-order valence-corrected chi connectivity index (χ1v) is 5.50. The van der Waals surface area contributed by atoms with E-state index in [2.05, 4.69) is 0 Å². The van der Waals surface area contributed by atoms with Gasteiger partial charge in [0.15, 0.2) is 11.5 Å². The van der Waals surface area contributed by atoms with Gasteiger partial charge in [-0.05, 0) is 13.0 Å². The molecule has 2 rings (SSSR count). The molecule has 14 heavy (non-hydrogen) atoms. The molecule has 0 aliphatic heterocycles. The van der Waals surface area contributed by atoms with Crippen LogP contribution in [0.1, 0.15) is 6.92 Å². The Balaban J connectivity index is 2.60. The van der Waals surface area contributed by atoms with Gasteiger partial charge in [-0.1, -0.05) is 11.6 Å². The zero-order valence-corrected chi connectivity index (χ0v) is 9.15. The van der Waals surface area contributed by atoms with E-state index in [4.69, 9.17) is 16.3 Å². The smallest absolute Gasteiger partial charge is 0.162 e. The molecule has 0 aliphatic rings. The lowest BCUT2D eigenvalue weighted by molar-refractivity contribution is 0.319. The van der Waals surface area contributed by atoms with Gasteiger partial charge in [0.05, 0.1) is 11.6 Å². The van der Waals surface area contributed by atoms with Crippen LogP contribution in [0.5, 0.6) is 11.5 Å². The second-order valence-corrected chi connectivity index (χ2v) is 4.15. The minimum atomic E-state index is 0.139. The highest BCUT2D eigenvalue weighted by Crippen LogP contribution is 2.38. The normalized spacial score (nSPS) is 10.7. The molecule has 0 atom stereocenters. The SMILES string of the molecule is CCOc1cc2scc(Cl)c2cc1O. The van der Waals surface area contributed by atoms with E-state index in [1.54, 1.807) is 6.07 Å². The summed E-state index contributed by atoms with van der Waals surface area (Å²) in [6.45, 7) is 2.42. The van der Waals surface area contributed by atoms with Gasteiger partial charge in [-0.25, -0.2) is 0 Å². The maximum absolute atomic E-state index is 9.60. The third-order valence-electron chi connectivity index (χ3n) is 1.91. The van der Waals surface area contributed by atoms with E-state index in [0.29, 0.717) is 17.4 Å². The van der Waals surface area contributed by atoms with Gasteiger partial charge < -0.3 is 9.84 Å². The summed E-state index contributed by atoms with van der Waals surface area (Å²) in [7, 11) is 0. The summed E-state index contributed by atoms with van der Waals surface area (Å²) in [6, 6.07) is 3.45. The van der Waals surface area contributed by atoms with E-state index >= 15 is 0 Å². The zero-order valence-electron chi connectivity index (χ0n) is 7.58. The molecule has 1 aromatic heterocycles. The number of fused-ring (bicyclic) bond motifs is 1. The van der Waals surface area contributed by atoms with Crippen LogP contribution in [0.15, 0.2) is 17.5 Å². The number of aromatic hydroxyl groups is 1. The van der Waals surface area contributed by atoms with E-state index < -0.39 is 0 Å². The van der Waals surface area contributed by atoms with Crippen LogP contribution in [0.25, 0.3) is 10.1 Å². The average Bonchev–Trinajstić information content (AvgIpc) is 2.50. The van der Waals surface area contributed by atoms with Gasteiger partial charge in [-0.3, -0.25) is 0 Å². The van der Waals surface area contributed by atoms with Crippen LogP contribution < -0.4 is 4.74 Å². The number of phenolic OH excluding ortho intramolecular Hbond substituents is 1. The van der Waals surface area contributed by atoms with E-state index in [-0.39, 0.29) is 5.75 Å². The summed E-state index contributed by atoms with van der Waals surface area (Å²) in [4.78, 5) is 0. The monoisotopic (exact) mass is 228 g/mol. The summed E-state index contributed by atoms with van der Waals surface area (Å²) in [5, 5.41) is 13.0. The number of benzene rings is 1. The summed E-state index contributed by atoms with van der Waals surface area (Å²) in [5.74, 6) is 0.651. The lowest BCUT2D eigenvalue weighted by Crippen LogP contribution is -1.91. The molecule has 0 bridgehead atoms. The molecular formula is C10H9ClO2S. The molecular weight excluding hydrogens is 220 g/mol. The molecule has 2 aromatic rings. The lowest BCUT2D eigenvalue weighted by atomic mass is 10.2. The molecule has 1 N–H and O–H groups in total. The Morgan fingerprint density at radius 1 is 1.50 bits per heavy atom. The van der Waals surface area contributed by atoms with Crippen molar-refractivity contribution in [1.82, 2.24) is 0 Å². The van der Waals surface area contributed by atoms with E-state index in [0.717, 1.165) is 10.1 Å². The largest absolute Gasteiger partial charge is 0.504 e. The second-order valence-electron chi connectivity index (χ2n) is 2.83. The molecule has 0 unspecified atom stereocenters. The molecule has 0 fully saturated rings. The van der Waals surface area contributed by atoms with Crippen LogP contribution in [0.4, 0.5) is 0 Å². The van der Waals surface area contributed by atoms with E-state index in [9.17, 15) is 5.11 Å². The van der Waals surface area contributed by atoms with Gasteiger partial charge in [-0.2, -0.15) is 0 Å². The molecule has 1 heterocycles. The Bertz CT molecular complexity index is 464. The van der Waals surface area contributed by atoms with Crippen molar-refractivity contribution in [2.45, 2.75) is 6.92 Å². The minimum absolute atomic E-state index is 0.139. The number of halogens is 1. The van der Waals surface area contributed by atoms with Crippen LogP contribution in [0.2, 0.25) is 5.02 Å². The molecule has 2 nitrogen and oxygen atoms in total. The molecule has 74 valence electrons. The molecule has 0 saturated heterocycles. The third kappa shape index (κ3) is 1.53. The number of thiophene rings is 1. The van der Waals surface area contributed by atoms with E-state index in [1.807, 2.05) is 18.4 Å². The topological polar surface area (TPSA) is 29.5 Å². The highest BCUT2D eigenvalue weighted by atomic mass is 35.5. The number of ether oxygens (including phenoxy) is 1. The fraction of sp³-hybridized carbons (Fsp3) is 0.200. The summed E-state index contributed by atoms with van der Waals surface area (Å²) in [5.41, 5.74) is 0. The average molecular weight is 229 g/mol. The maximum atomic E-state index is 9.60. The standard InChI is InChI=1S/C10H9ClO2S/c1-2-13-9-4-10-6(3-8(9)12)7(11)5-14-10/h3-5,12H,2H2,1H3. The fourth-order valence-electron chi connectivity index (χ4n) is 1.28. The van der Waals surface area contributed by atoms with Gasteiger partial charge in [0.2, 0.25) is 0 Å². The molecule has 0 amide bonds. The van der Waals surface area contributed by atoms with Gasteiger partial charge in [0, 0.05) is 21.5 Å². The Kier molecular flexibility index (Phi) is 2.52. The van der Waals surface area contributed by atoms with Crippen LogP contribution in [-0.2, 0) is 0 Å². The Labute approximate surface area is 90.7 Å². The Morgan fingerprint density at radius 3 is 3.00 bits per heavy atom. The summed E-state index contributed by atoms with van der Waals surface area (Å²) >= 11 is 7.47. The van der Waals surface area contributed by atoms with Crippen molar-refractivity contribution in [2.75, 3.05) is 6.61 Å². The van der Waals surface area contributed by atoms with Crippen molar-refractivity contribution in [3.05, 3.63) is 22.5 Å². The third-order valence-corrected chi connectivity index (χ3v) is 3.30. The van der Waals surface area contributed by atoms with Crippen molar-refractivity contribution >= 4 is 33.0 Å². The van der Waals surface area contributed by atoms with Gasteiger partial charge in [-0.15, -0.1) is 11.3 Å². The molecule has 0 radical (unpaired) electrons. The summed E-state index contributed by atoms with van der Waals surface area (Å²) < 4.78 is 6.29. The highest BCUT2D eigenvalue weighted by Gasteiger charge is 2.08. The molecule has 0 spiro atoms. The predicted molar refractivity (Wildman–Crippen MR) is 59.7 cm³/mol. The van der Waals surface area contributed by atoms with Crippen molar-refractivity contribution < 1.29 is 9.84 Å². The first-order chi connectivity index (χ1) is 6.72. The first-order valence-electron chi connectivity index (χ1n) is 4.25. The number of hydrogen-bond acceptors (Lipinski definition) is 3. The van der Waals surface area contributed by atoms with Crippen molar-refractivity contribution in [3.63, 3.8) is 0 Å². The van der Waals surface area contributed by atoms with Gasteiger partial charge in [0.1, 0.15) is 0 Å². The van der Waals surface area contributed by atoms with Crippen molar-refractivity contribution in [2.24, 2.45) is 0 Å². The quantitative estimate of drug-likeness (QED) is 0.850. The Morgan fingerprint density at radius 2 is 2.29 bits per heavy atom. The van der Waals surface area contributed by atoms with Gasteiger partial charge >= 0.3 is 0 Å². The van der Waals surface area contributed by atoms with E-state index in [1.165, 1.54) is 11.3 Å². The predicted octanol–water partition coefficient (Wildman–Crippen LogP) is 3.66. The molecule has 0 aliphatic carbocycles. The van der Waals surface area contributed by atoms with Crippen LogP contribution in [0, 0.1) is 0 Å². The fourth-order valence-corrected chi connectivity index (χ4v) is 2.46. The second kappa shape index (κ2) is 3.67. The highest BCUT2D eigenvalue weighted by molar-refractivity contribution is 7.17. The number of hydrogen-bond donors (Lipinski definition) is 1. The first kappa shape index (κ1) is 9.62. The van der Waals surface area contributed by atoms with Crippen molar-refractivity contribution in [3.8, 4) is 11.5 Å². The van der Waals surface area contributed by atoms with Crippen LogP contribution in [0.3, 0.4) is 0 Å². The van der Waals surface area contributed by atoms with Crippen LogP contribution >= 0.6 is 22.9 Å². The zero-order chi connectivity index (χ0) is 10.1. The molecule has 1 aromatic carbocycles. The maximum Gasteiger partial charge on any atom is 0.162 e. The molecule has 0 saturated carbocycles. The number of rotatable bonds is 2. The van der Waals surface area contributed by atoms with Gasteiger partial charge in [0.25, 0.3) is 0 Å². The lowest BCUT2D eigenvalue weighted by Gasteiger charge is -2.05.